The number of hydrogen-bond donors (Lipinski definition) is 3. The quantitative estimate of drug-likeness (QED) is 0.641. The van der Waals surface area contributed by atoms with Crippen LogP contribution in [0.4, 0.5) is 0 Å². The van der Waals surface area contributed by atoms with Crippen LogP contribution in [0.15, 0.2) is 24.3 Å². The Kier molecular flexibility index (Phi) is 5.55. The molecular weight excluding hydrogens is 252 g/mol. The standard InChI is InChI=1S/C15H22N4O/c1-16-10-5-9-15(20)17-11-4-8-14-18-12-6-2-3-7-13(12)19-14/h2-3,6-7,16H,4-5,8-11H2,1H3,(H,17,20)(H,18,19). The van der Waals surface area contributed by atoms with Crippen LogP contribution < -0.4 is 10.6 Å². The van der Waals surface area contributed by atoms with Gasteiger partial charge in [0.05, 0.1) is 11.0 Å². The van der Waals surface area contributed by atoms with E-state index >= 15 is 0 Å². The summed E-state index contributed by atoms with van der Waals surface area (Å²) in [5.74, 6) is 1.11. The summed E-state index contributed by atoms with van der Waals surface area (Å²) in [7, 11) is 1.89. The molecule has 0 spiro atoms. The Morgan fingerprint density at radius 2 is 2.10 bits per heavy atom. The zero-order valence-corrected chi connectivity index (χ0v) is 11.9. The third-order valence-corrected chi connectivity index (χ3v) is 3.18. The van der Waals surface area contributed by atoms with Gasteiger partial charge >= 0.3 is 0 Å². The first-order valence-electron chi connectivity index (χ1n) is 7.14. The van der Waals surface area contributed by atoms with E-state index in [-0.39, 0.29) is 5.91 Å². The molecule has 0 bridgehead atoms. The van der Waals surface area contributed by atoms with Gasteiger partial charge in [-0.15, -0.1) is 0 Å². The van der Waals surface area contributed by atoms with E-state index in [0.29, 0.717) is 13.0 Å². The highest BCUT2D eigenvalue weighted by Gasteiger charge is 2.03. The third kappa shape index (κ3) is 4.35. The number of benzene rings is 1. The van der Waals surface area contributed by atoms with E-state index in [0.717, 1.165) is 42.7 Å². The van der Waals surface area contributed by atoms with Gasteiger partial charge in [0.2, 0.25) is 5.91 Å². The first-order chi connectivity index (χ1) is 9.79. The average Bonchev–Trinajstić information content (AvgIpc) is 2.86. The van der Waals surface area contributed by atoms with Gasteiger partial charge in [0.25, 0.3) is 0 Å². The maximum atomic E-state index is 11.5. The summed E-state index contributed by atoms with van der Waals surface area (Å²) in [4.78, 5) is 19.3. The number of aromatic nitrogens is 2. The van der Waals surface area contributed by atoms with E-state index in [1.165, 1.54) is 0 Å². The van der Waals surface area contributed by atoms with Crippen molar-refractivity contribution in [1.29, 1.82) is 0 Å². The highest BCUT2D eigenvalue weighted by Crippen LogP contribution is 2.10. The minimum atomic E-state index is 0.129. The summed E-state index contributed by atoms with van der Waals surface area (Å²) in [6.45, 7) is 1.59. The summed E-state index contributed by atoms with van der Waals surface area (Å²) in [6.07, 6.45) is 3.22. The molecule has 1 amide bonds. The lowest BCUT2D eigenvalue weighted by Crippen LogP contribution is -2.25. The van der Waals surface area contributed by atoms with Gasteiger partial charge < -0.3 is 15.6 Å². The molecule has 0 radical (unpaired) electrons. The van der Waals surface area contributed by atoms with Crippen molar-refractivity contribution in [3.63, 3.8) is 0 Å². The molecule has 0 aliphatic rings. The minimum absolute atomic E-state index is 0.129. The van der Waals surface area contributed by atoms with Crippen molar-refractivity contribution >= 4 is 16.9 Å². The van der Waals surface area contributed by atoms with Gasteiger partial charge in [-0.1, -0.05) is 12.1 Å². The fourth-order valence-corrected chi connectivity index (χ4v) is 2.12. The van der Waals surface area contributed by atoms with E-state index in [1.807, 2.05) is 31.3 Å². The van der Waals surface area contributed by atoms with Gasteiger partial charge in [-0.05, 0) is 38.6 Å². The number of nitrogens with one attached hydrogen (secondary N) is 3. The zero-order valence-electron chi connectivity index (χ0n) is 11.9. The van der Waals surface area contributed by atoms with Gasteiger partial charge in [-0.3, -0.25) is 4.79 Å². The third-order valence-electron chi connectivity index (χ3n) is 3.18. The Morgan fingerprint density at radius 3 is 2.90 bits per heavy atom. The van der Waals surface area contributed by atoms with Crippen molar-refractivity contribution < 1.29 is 4.79 Å². The van der Waals surface area contributed by atoms with Gasteiger partial charge in [-0.2, -0.15) is 0 Å². The van der Waals surface area contributed by atoms with Crippen LogP contribution in [0.1, 0.15) is 25.1 Å². The molecule has 20 heavy (non-hydrogen) atoms. The molecule has 0 unspecified atom stereocenters. The number of H-pyrrole nitrogens is 1. The number of rotatable bonds is 8. The van der Waals surface area contributed by atoms with Gasteiger partial charge in [-0.25, -0.2) is 4.98 Å². The maximum Gasteiger partial charge on any atom is 0.220 e. The van der Waals surface area contributed by atoms with E-state index in [1.54, 1.807) is 0 Å². The molecule has 2 rings (SSSR count). The number of aryl methyl sites for hydroxylation is 1. The van der Waals surface area contributed by atoms with Crippen molar-refractivity contribution in [2.45, 2.75) is 25.7 Å². The van der Waals surface area contributed by atoms with E-state index in [4.69, 9.17) is 0 Å². The number of carbonyl (C=O) groups excluding carboxylic acids is 1. The van der Waals surface area contributed by atoms with Crippen molar-refractivity contribution in [1.82, 2.24) is 20.6 Å². The second-order valence-electron chi connectivity index (χ2n) is 4.86. The minimum Gasteiger partial charge on any atom is -0.356 e. The number of imidazole rings is 1. The molecule has 0 aliphatic carbocycles. The van der Waals surface area contributed by atoms with E-state index in [9.17, 15) is 4.79 Å². The molecule has 1 heterocycles. The largest absolute Gasteiger partial charge is 0.356 e. The summed E-state index contributed by atoms with van der Waals surface area (Å²) in [5.41, 5.74) is 2.07. The summed E-state index contributed by atoms with van der Waals surface area (Å²) in [6, 6.07) is 8.00. The van der Waals surface area contributed by atoms with E-state index < -0.39 is 0 Å². The van der Waals surface area contributed by atoms with Crippen LogP contribution in [-0.2, 0) is 11.2 Å². The normalized spacial score (nSPS) is 10.8. The van der Waals surface area contributed by atoms with Crippen LogP contribution in [0, 0.1) is 0 Å². The molecule has 0 fully saturated rings. The summed E-state index contributed by atoms with van der Waals surface area (Å²) < 4.78 is 0. The molecule has 5 heteroatoms. The smallest absolute Gasteiger partial charge is 0.220 e. The van der Waals surface area contributed by atoms with Crippen LogP contribution in [0.5, 0.6) is 0 Å². The van der Waals surface area contributed by atoms with Crippen molar-refractivity contribution in [3.8, 4) is 0 Å². The number of para-hydroxylation sites is 2. The highest BCUT2D eigenvalue weighted by molar-refractivity contribution is 5.76. The number of fused-ring (bicyclic) bond motifs is 1. The fraction of sp³-hybridized carbons (Fsp3) is 0.467. The molecular formula is C15H22N4O. The Bertz CT molecular complexity index is 517. The van der Waals surface area contributed by atoms with Gasteiger partial charge in [0.15, 0.2) is 0 Å². The number of hydrogen-bond acceptors (Lipinski definition) is 3. The maximum absolute atomic E-state index is 11.5. The van der Waals surface area contributed by atoms with Gasteiger partial charge in [0, 0.05) is 19.4 Å². The Balaban J connectivity index is 1.67. The molecule has 1 aromatic carbocycles. The number of nitrogens with zero attached hydrogens (tertiary/aromatic N) is 1. The Labute approximate surface area is 119 Å². The number of carbonyl (C=O) groups is 1. The molecule has 5 nitrogen and oxygen atoms in total. The van der Waals surface area contributed by atoms with Crippen LogP contribution in [0.3, 0.4) is 0 Å². The second kappa shape index (κ2) is 7.65. The number of aromatic amines is 1. The van der Waals surface area contributed by atoms with Crippen LogP contribution in [-0.4, -0.2) is 36.0 Å². The van der Waals surface area contributed by atoms with Crippen molar-refractivity contribution in [3.05, 3.63) is 30.1 Å². The van der Waals surface area contributed by atoms with Gasteiger partial charge in [0.1, 0.15) is 5.82 Å². The predicted molar refractivity (Wildman–Crippen MR) is 80.6 cm³/mol. The molecule has 3 N–H and O–H groups in total. The molecule has 0 saturated heterocycles. The molecule has 2 aromatic rings. The molecule has 0 aliphatic heterocycles. The highest BCUT2D eigenvalue weighted by atomic mass is 16.1. The Hall–Kier alpha value is -1.88. The Morgan fingerprint density at radius 1 is 1.25 bits per heavy atom. The molecule has 0 saturated carbocycles. The lowest BCUT2D eigenvalue weighted by atomic mass is 10.2. The SMILES string of the molecule is CNCCCC(=O)NCCCc1nc2ccccc2[nH]1. The summed E-state index contributed by atoms with van der Waals surface area (Å²) in [5, 5.41) is 5.97. The van der Waals surface area contributed by atoms with E-state index in [2.05, 4.69) is 20.6 Å². The second-order valence-corrected chi connectivity index (χ2v) is 4.86. The zero-order chi connectivity index (χ0) is 14.2. The lowest BCUT2D eigenvalue weighted by Gasteiger charge is -2.04. The molecule has 1 aromatic heterocycles. The van der Waals surface area contributed by atoms with Crippen LogP contribution in [0.25, 0.3) is 11.0 Å². The molecule has 0 atom stereocenters. The topological polar surface area (TPSA) is 69.8 Å². The monoisotopic (exact) mass is 274 g/mol. The predicted octanol–water partition coefficient (Wildman–Crippen LogP) is 1.61. The van der Waals surface area contributed by atoms with Crippen molar-refractivity contribution in [2.75, 3.05) is 20.1 Å². The fourth-order valence-electron chi connectivity index (χ4n) is 2.12. The summed E-state index contributed by atoms with van der Waals surface area (Å²) >= 11 is 0. The first kappa shape index (κ1) is 14.5. The molecule has 108 valence electrons. The van der Waals surface area contributed by atoms with Crippen LogP contribution >= 0.6 is 0 Å². The average molecular weight is 274 g/mol. The van der Waals surface area contributed by atoms with Crippen molar-refractivity contribution in [2.24, 2.45) is 0 Å². The lowest BCUT2D eigenvalue weighted by molar-refractivity contribution is -0.121. The van der Waals surface area contributed by atoms with Crippen LogP contribution in [0.2, 0.25) is 0 Å². The first-order valence-corrected chi connectivity index (χ1v) is 7.14. The number of amides is 1.